The number of carbonyl (C=O) groups excluding carboxylic acids is 1. The van der Waals surface area contributed by atoms with E-state index < -0.39 is 0 Å². The SMILES string of the molecule is O=C(NCCc1cccnc1)c1cn[nH]c1[C@@H]1CCOC1. The molecular formula is C15H18N4O2. The van der Waals surface area contributed by atoms with Gasteiger partial charge in [0.05, 0.1) is 24.1 Å². The third-order valence-electron chi connectivity index (χ3n) is 3.67. The summed E-state index contributed by atoms with van der Waals surface area (Å²) in [5.74, 6) is 0.154. The van der Waals surface area contributed by atoms with Crippen LogP contribution < -0.4 is 5.32 Å². The molecule has 110 valence electrons. The van der Waals surface area contributed by atoms with Gasteiger partial charge in [0.25, 0.3) is 5.91 Å². The van der Waals surface area contributed by atoms with Crippen LogP contribution in [-0.4, -0.2) is 40.8 Å². The van der Waals surface area contributed by atoms with E-state index in [2.05, 4.69) is 20.5 Å². The van der Waals surface area contributed by atoms with Gasteiger partial charge in [-0.05, 0) is 24.5 Å². The maximum absolute atomic E-state index is 12.2. The van der Waals surface area contributed by atoms with Crippen molar-refractivity contribution in [3.8, 4) is 0 Å². The molecule has 1 atom stereocenters. The summed E-state index contributed by atoms with van der Waals surface area (Å²) in [6.07, 6.45) is 6.83. The predicted molar refractivity (Wildman–Crippen MR) is 77.0 cm³/mol. The van der Waals surface area contributed by atoms with E-state index in [0.717, 1.165) is 30.7 Å². The number of hydrogen-bond acceptors (Lipinski definition) is 4. The van der Waals surface area contributed by atoms with Gasteiger partial charge in [-0.1, -0.05) is 6.07 Å². The van der Waals surface area contributed by atoms with E-state index in [4.69, 9.17) is 4.74 Å². The summed E-state index contributed by atoms with van der Waals surface area (Å²) in [6.45, 7) is 1.97. The van der Waals surface area contributed by atoms with Crippen LogP contribution in [0.25, 0.3) is 0 Å². The number of amides is 1. The van der Waals surface area contributed by atoms with Crippen LogP contribution in [0.4, 0.5) is 0 Å². The first-order chi connectivity index (χ1) is 10.3. The van der Waals surface area contributed by atoms with Gasteiger partial charge in [0.2, 0.25) is 0 Å². The second-order valence-electron chi connectivity index (χ2n) is 5.13. The molecule has 1 amide bonds. The number of nitrogens with one attached hydrogen (secondary N) is 2. The Bertz CT molecular complexity index is 591. The third kappa shape index (κ3) is 3.28. The zero-order valence-corrected chi connectivity index (χ0v) is 11.7. The maximum atomic E-state index is 12.2. The molecule has 2 aromatic rings. The average Bonchev–Trinajstić information content (AvgIpc) is 3.19. The molecule has 0 radical (unpaired) electrons. The van der Waals surface area contributed by atoms with Gasteiger partial charge < -0.3 is 10.1 Å². The van der Waals surface area contributed by atoms with Crippen molar-refractivity contribution in [2.45, 2.75) is 18.8 Å². The lowest BCUT2D eigenvalue weighted by molar-refractivity contribution is 0.0952. The minimum Gasteiger partial charge on any atom is -0.381 e. The quantitative estimate of drug-likeness (QED) is 0.867. The average molecular weight is 286 g/mol. The van der Waals surface area contributed by atoms with E-state index in [9.17, 15) is 4.79 Å². The summed E-state index contributed by atoms with van der Waals surface area (Å²) in [6, 6.07) is 3.89. The largest absolute Gasteiger partial charge is 0.381 e. The van der Waals surface area contributed by atoms with Crippen LogP contribution in [0, 0.1) is 0 Å². The van der Waals surface area contributed by atoms with Gasteiger partial charge in [0, 0.05) is 31.5 Å². The third-order valence-corrected chi connectivity index (χ3v) is 3.67. The van der Waals surface area contributed by atoms with Crippen LogP contribution >= 0.6 is 0 Å². The van der Waals surface area contributed by atoms with Crippen molar-refractivity contribution in [2.24, 2.45) is 0 Å². The molecule has 3 rings (SSSR count). The first-order valence-corrected chi connectivity index (χ1v) is 7.12. The molecule has 2 N–H and O–H groups in total. The lowest BCUT2D eigenvalue weighted by Crippen LogP contribution is -2.26. The summed E-state index contributed by atoms with van der Waals surface area (Å²) in [5, 5.41) is 9.87. The Morgan fingerprint density at radius 2 is 2.43 bits per heavy atom. The molecule has 21 heavy (non-hydrogen) atoms. The van der Waals surface area contributed by atoms with Crippen LogP contribution in [-0.2, 0) is 11.2 Å². The van der Waals surface area contributed by atoms with Gasteiger partial charge in [-0.2, -0.15) is 5.10 Å². The lowest BCUT2D eigenvalue weighted by Gasteiger charge is -2.09. The maximum Gasteiger partial charge on any atom is 0.254 e. The van der Waals surface area contributed by atoms with E-state index in [-0.39, 0.29) is 11.8 Å². The fourth-order valence-corrected chi connectivity index (χ4v) is 2.51. The normalized spacial score (nSPS) is 17.8. The number of H-pyrrole nitrogens is 1. The molecule has 0 saturated carbocycles. The van der Waals surface area contributed by atoms with E-state index in [1.54, 1.807) is 12.4 Å². The van der Waals surface area contributed by atoms with Crippen molar-refractivity contribution >= 4 is 5.91 Å². The molecule has 3 heterocycles. The first-order valence-electron chi connectivity index (χ1n) is 7.12. The van der Waals surface area contributed by atoms with Gasteiger partial charge in [-0.15, -0.1) is 0 Å². The molecular weight excluding hydrogens is 268 g/mol. The molecule has 0 aliphatic carbocycles. The monoisotopic (exact) mass is 286 g/mol. The minimum absolute atomic E-state index is 0.0884. The van der Waals surface area contributed by atoms with Gasteiger partial charge in [0.15, 0.2) is 0 Å². The molecule has 0 aromatic carbocycles. The van der Waals surface area contributed by atoms with Gasteiger partial charge >= 0.3 is 0 Å². The van der Waals surface area contributed by atoms with Crippen LogP contribution in [0.1, 0.15) is 34.0 Å². The van der Waals surface area contributed by atoms with Crippen LogP contribution in [0.15, 0.2) is 30.7 Å². The van der Waals surface area contributed by atoms with Crippen LogP contribution in [0.3, 0.4) is 0 Å². The number of nitrogens with zero attached hydrogens (tertiary/aromatic N) is 2. The van der Waals surface area contributed by atoms with Crippen LogP contribution in [0.5, 0.6) is 0 Å². The summed E-state index contributed by atoms with van der Waals surface area (Å²) < 4.78 is 5.37. The number of pyridine rings is 1. The number of rotatable bonds is 5. The Morgan fingerprint density at radius 1 is 1.48 bits per heavy atom. The van der Waals surface area contributed by atoms with Crippen LogP contribution in [0.2, 0.25) is 0 Å². The van der Waals surface area contributed by atoms with Gasteiger partial charge in [-0.3, -0.25) is 14.9 Å². The summed E-state index contributed by atoms with van der Waals surface area (Å²) in [5.41, 5.74) is 2.61. The smallest absolute Gasteiger partial charge is 0.254 e. The fraction of sp³-hybridized carbons (Fsp3) is 0.400. The topological polar surface area (TPSA) is 79.9 Å². The Morgan fingerprint density at radius 3 is 3.19 bits per heavy atom. The molecule has 1 aliphatic heterocycles. The fourth-order valence-electron chi connectivity index (χ4n) is 2.51. The Labute approximate surface area is 122 Å². The molecule has 0 bridgehead atoms. The highest BCUT2D eigenvalue weighted by Crippen LogP contribution is 2.25. The first kappa shape index (κ1) is 13.8. The number of ether oxygens (including phenoxy) is 1. The standard InChI is InChI=1S/C15H18N4O2/c20-15(17-6-3-11-2-1-5-16-8-11)13-9-18-19-14(13)12-4-7-21-10-12/h1-2,5,8-9,12H,3-4,6-7,10H2,(H,17,20)(H,18,19)/t12-/m1/s1. The van der Waals surface area contributed by atoms with Crippen molar-refractivity contribution in [3.63, 3.8) is 0 Å². The van der Waals surface area contributed by atoms with E-state index in [1.165, 1.54) is 0 Å². The molecule has 0 spiro atoms. The Hall–Kier alpha value is -2.21. The summed E-state index contributed by atoms with van der Waals surface area (Å²) >= 11 is 0. The molecule has 0 unspecified atom stereocenters. The molecule has 6 nitrogen and oxygen atoms in total. The molecule has 2 aromatic heterocycles. The van der Waals surface area contributed by atoms with Crippen molar-refractivity contribution in [1.29, 1.82) is 0 Å². The van der Waals surface area contributed by atoms with Crippen molar-refractivity contribution in [3.05, 3.63) is 47.5 Å². The second-order valence-corrected chi connectivity index (χ2v) is 5.13. The number of aromatic amines is 1. The van der Waals surface area contributed by atoms with Crippen molar-refractivity contribution in [1.82, 2.24) is 20.5 Å². The van der Waals surface area contributed by atoms with Gasteiger partial charge in [-0.25, -0.2) is 0 Å². The molecule has 1 aliphatic rings. The Kier molecular flexibility index (Phi) is 4.25. The van der Waals surface area contributed by atoms with E-state index >= 15 is 0 Å². The van der Waals surface area contributed by atoms with E-state index in [0.29, 0.717) is 18.7 Å². The van der Waals surface area contributed by atoms with E-state index in [1.807, 2.05) is 18.3 Å². The second kappa shape index (κ2) is 6.49. The number of carbonyl (C=O) groups is 1. The molecule has 1 saturated heterocycles. The molecule has 6 heteroatoms. The zero-order chi connectivity index (χ0) is 14.5. The van der Waals surface area contributed by atoms with Crippen molar-refractivity contribution < 1.29 is 9.53 Å². The highest BCUT2D eigenvalue weighted by molar-refractivity contribution is 5.95. The molecule has 1 fully saturated rings. The minimum atomic E-state index is -0.0884. The zero-order valence-electron chi connectivity index (χ0n) is 11.7. The Balaban J connectivity index is 1.57. The van der Waals surface area contributed by atoms with Gasteiger partial charge in [0.1, 0.15) is 0 Å². The number of aromatic nitrogens is 3. The predicted octanol–water partition coefficient (Wildman–Crippen LogP) is 1.28. The van der Waals surface area contributed by atoms with Crippen molar-refractivity contribution in [2.75, 3.05) is 19.8 Å². The highest BCUT2D eigenvalue weighted by Gasteiger charge is 2.24. The lowest BCUT2D eigenvalue weighted by atomic mass is 10.0. The highest BCUT2D eigenvalue weighted by atomic mass is 16.5. The summed E-state index contributed by atoms with van der Waals surface area (Å²) in [4.78, 5) is 16.3. The number of hydrogen-bond donors (Lipinski definition) is 2. The summed E-state index contributed by atoms with van der Waals surface area (Å²) in [7, 11) is 0.